The van der Waals surface area contributed by atoms with Crippen LogP contribution in [0.2, 0.25) is 0 Å². The van der Waals surface area contributed by atoms with Crippen LogP contribution in [0.4, 0.5) is 5.95 Å². The number of nitrogens with one attached hydrogen (secondary N) is 2. The molecule has 0 fully saturated rings. The lowest BCUT2D eigenvalue weighted by atomic mass is 10.3. The van der Waals surface area contributed by atoms with Gasteiger partial charge in [-0.3, -0.25) is 4.79 Å². The Morgan fingerprint density at radius 3 is 2.65 bits per heavy atom. The van der Waals surface area contributed by atoms with Gasteiger partial charge in [-0.25, -0.2) is 9.97 Å². The first-order chi connectivity index (χ1) is 9.69. The van der Waals surface area contributed by atoms with E-state index in [1.165, 1.54) is 23.7 Å². The average Bonchev–Trinajstić information content (AvgIpc) is 2.85. The number of aromatic nitrogens is 4. The molecule has 0 saturated heterocycles. The standard InChI is InChI=1S/C12H16N6OS/c1-3-13-12-15-6-9(7-16-12)11(19)14-5-4-10-18-17-8(2)20-10/h6-7H,3-5H2,1-2H3,(H,14,19)(H,13,15,16). The van der Waals surface area contributed by atoms with E-state index in [0.29, 0.717) is 24.5 Å². The lowest BCUT2D eigenvalue weighted by Gasteiger charge is -2.04. The van der Waals surface area contributed by atoms with Crippen LogP contribution in [-0.2, 0) is 6.42 Å². The molecule has 0 saturated carbocycles. The van der Waals surface area contributed by atoms with Crippen molar-refractivity contribution in [1.82, 2.24) is 25.5 Å². The van der Waals surface area contributed by atoms with Crippen molar-refractivity contribution >= 4 is 23.2 Å². The molecule has 0 unspecified atom stereocenters. The maximum Gasteiger partial charge on any atom is 0.254 e. The second-order valence-electron chi connectivity index (χ2n) is 4.05. The summed E-state index contributed by atoms with van der Waals surface area (Å²) in [5, 5.41) is 15.6. The second-order valence-corrected chi connectivity index (χ2v) is 5.31. The molecule has 8 heteroatoms. The minimum Gasteiger partial charge on any atom is -0.355 e. The number of hydrogen-bond donors (Lipinski definition) is 2. The van der Waals surface area contributed by atoms with Crippen LogP contribution < -0.4 is 10.6 Å². The van der Waals surface area contributed by atoms with Crippen LogP contribution >= 0.6 is 11.3 Å². The van der Waals surface area contributed by atoms with Gasteiger partial charge in [0, 0.05) is 31.9 Å². The van der Waals surface area contributed by atoms with Crippen LogP contribution in [-0.4, -0.2) is 39.2 Å². The molecule has 0 spiro atoms. The fourth-order valence-corrected chi connectivity index (χ4v) is 2.23. The topological polar surface area (TPSA) is 92.7 Å². The molecular formula is C12H16N6OS. The Labute approximate surface area is 120 Å². The molecule has 0 aliphatic carbocycles. The monoisotopic (exact) mass is 292 g/mol. The third kappa shape index (κ3) is 3.95. The fraction of sp³-hybridized carbons (Fsp3) is 0.417. The van der Waals surface area contributed by atoms with Gasteiger partial charge < -0.3 is 10.6 Å². The van der Waals surface area contributed by atoms with E-state index < -0.39 is 0 Å². The Morgan fingerprint density at radius 2 is 2.05 bits per heavy atom. The van der Waals surface area contributed by atoms with Crippen molar-refractivity contribution < 1.29 is 4.79 Å². The molecular weight excluding hydrogens is 276 g/mol. The molecule has 0 aliphatic rings. The molecule has 7 nitrogen and oxygen atoms in total. The summed E-state index contributed by atoms with van der Waals surface area (Å²) < 4.78 is 0. The highest BCUT2D eigenvalue weighted by atomic mass is 32.1. The Morgan fingerprint density at radius 1 is 1.30 bits per heavy atom. The van der Waals surface area contributed by atoms with Crippen LogP contribution in [0, 0.1) is 6.92 Å². The van der Waals surface area contributed by atoms with E-state index in [-0.39, 0.29) is 5.91 Å². The molecule has 2 heterocycles. The first-order valence-corrected chi connectivity index (χ1v) is 7.13. The lowest BCUT2D eigenvalue weighted by molar-refractivity contribution is 0.0953. The smallest absolute Gasteiger partial charge is 0.254 e. The molecule has 0 atom stereocenters. The van der Waals surface area contributed by atoms with E-state index in [0.717, 1.165) is 16.6 Å². The molecule has 0 bridgehead atoms. The van der Waals surface area contributed by atoms with Crippen LogP contribution in [0.1, 0.15) is 27.3 Å². The maximum atomic E-state index is 11.9. The van der Waals surface area contributed by atoms with Gasteiger partial charge in [0.15, 0.2) is 0 Å². The average molecular weight is 292 g/mol. The predicted octanol–water partition coefficient (Wildman–Crippen LogP) is 1.04. The van der Waals surface area contributed by atoms with Gasteiger partial charge in [0.05, 0.1) is 5.56 Å². The van der Waals surface area contributed by atoms with E-state index >= 15 is 0 Å². The Bertz CT molecular complexity index is 568. The highest BCUT2D eigenvalue weighted by Gasteiger charge is 2.07. The highest BCUT2D eigenvalue weighted by molar-refractivity contribution is 7.11. The zero-order valence-electron chi connectivity index (χ0n) is 11.4. The Kier molecular flexibility index (Phi) is 4.94. The predicted molar refractivity (Wildman–Crippen MR) is 76.9 cm³/mol. The molecule has 20 heavy (non-hydrogen) atoms. The quantitative estimate of drug-likeness (QED) is 0.826. The minimum absolute atomic E-state index is 0.186. The van der Waals surface area contributed by atoms with Gasteiger partial charge >= 0.3 is 0 Å². The van der Waals surface area contributed by atoms with Crippen LogP contribution in [0.3, 0.4) is 0 Å². The van der Waals surface area contributed by atoms with Crippen molar-refractivity contribution in [3.8, 4) is 0 Å². The van der Waals surface area contributed by atoms with Gasteiger partial charge in [0.1, 0.15) is 10.0 Å². The van der Waals surface area contributed by atoms with Gasteiger partial charge in [0.25, 0.3) is 5.91 Å². The van der Waals surface area contributed by atoms with Crippen LogP contribution in [0.5, 0.6) is 0 Å². The van der Waals surface area contributed by atoms with Gasteiger partial charge in [-0.15, -0.1) is 21.5 Å². The Hall–Kier alpha value is -2.09. The molecule has 0 aliphatic heterocycles. The summed E-state index contributed by atoms with van der Waals surface area (Å²) in [7, 11) is 0. The maximum absolute atomic E-state index is 11.9. The number of nitrogens with zero attached hydrogens (tertiary/aromatic N) is 4. The van der Waals surface area contributed by atoms with E-state index in [1.54, 1.807) is 0 Å². The molecule has 1 amide bonds. The summed E-state index contributed by atoms with van der Waals surface area (Å²) in [6.45, 7) is 5.12. The zero-order chi connectivity index (χ0) is 14.4. The van der Waals surface area contributed by atoms with E-state index in [9.17, 15) is 4.79 Å². The van der Waals surface area contributed by atoms with Gasteiger partial charge in [-0.2, -0.15) is 0 Å². The third-order valence-electron chi connectivity index (χ3n) is 2.44. The van der Waals surface area contributed by atoms with Gasteiger partial charge in [0.2, 0.25) is 5.95 Å². The third-order valence-corrected chi connectivity index (χ3v) is 3.34. The summed E-state index contributed by atoms with van der Waals surface area (Å²) in [5.41, 5.74) is 0.445. The molecule has 2 rings (SSSR count). The van der Waals surface area contributed by atoms with Crippen LogP contribution in [0.15, 0.2) is 12.4 Å². The molecule has 0 radical (unpaired) electrons. The van der Waals surface area contributed by atoms with Crippen molar-refractivity contribution in [3.05, 3.63) is 28.0 Å². The summed E-state index contributed by atoms with van der Waals surface area (Å²) in [4.78, 5) is 20.0. The molecule has 2 aromatic heterocycles. The van der Waals surface area contributed by atoms with Crippen molar-refractivity contribution in [2.75, 3.05) is 18.4 Å². The number of rotatable bonds is 6. The summed E-state index contributed by atoms with van der Waals surface area (Å²) in [6, 6.07) is 0. The number of hydrogen-bond acceptors (Lipinski definition) is 7. The van der Waals surface area contributed by atoms with Crippen molar-refractivity contribution in [2.45, 2.75) is 20.3 Å². The first-order valence-electron chi connectivity index (χ1n) is 6.32. The Balaban J connectivity index is 1.82. The van der Waals surface area contributed by atoms with E-state index in [4.69, 9.17) is 0 Å². The highest BCUT2D eigenvalue weighted by Crippen LogP contribution is 2.07. The second kappa shape index (κ2) is 6.90. The minimum atomic E-state index is -0.186. The summed E-state index contributed by atoms with van der Waals surface area (Å²) >= 11 is 1.54. The van der Waals surface area contributed by atoms with Gasteiger partial charge in [-0.05, 0) is 13.8 Å². The van der Waals surface area contributed by atoms with E-state index in [2.05, 4.69) is 30.8 Å². The van der Waals surface area contributed by atoms with Gasteiger partial charge in [-0.1, -0.05) is 0 Å². The largest absolute Gasteiger partial charge is 0.355 e. The van der Waals surface area contributed by atoms with Crippen molar-refractivity contribution in [2.24, 2.45) is 0 Å². The molecule has 2 N–H and O–H groups in total. The van der Waals surface area contributed by atoms with Crippen molar-refractivity contribution in [3.63, 3.8) is 0 Å². The summed E-state index contributed by atoms with van der Waals surface area (Å²) in [5.74, 6) is 0.336. The fourth-order valence-electron chi connectivity index (χ4n) is 1.52. The SMILES string of the molecule is CCNc1ncc(C(=O)NCCc2nnc(C)s2)cn1. The summed E-state index contributed by atoms with van der Waals surface area (Å²) in [6.07, 6.45) is 3.69. The van der Waals surface area contributed by atoms with E-state index in [1.807, 2.05) is 13.8 Å². The number of carbonyl (C=O) groups is 1. The van der Waals surface area contributed by atoms with Crippen molar-refractivity contribution in [1.29, 1.82) is 0 Å². The normalized spacial score (nSPS) is 10.3. The molecule has 0 aromatic carbocycles. The number of carbonyl (C=O) groups excluding carboxylic acids is 1. The first kappa shape index (κ1) is 14.3. The zero-order valence-corrected chi connectivity index (χ0v) is 12.2. The van der Waals surface area contributed by atoms with Crippen LogP contribution in [0.25, 0.3) is 0 Å². The molecule has 2 aromatic rings. The lowest BCUT2D eigenvalue weighted by Crippen LogP contribution is -2.26. The number of anilines is 1. The number of amides is 1. The number of aryl methyl sites for hydroxylation is 1. The molecule has 106 valence electrons.